The summed E-state index contributed by atoms with van der Waals surface area (Å²) in [5.41, 5.74) is 1.65. The lowest BCUT2D eigenvalue weighted by Gasteiger charge is -2.34. The Kier molecular flexibility index (Phi) is 7.23. The van der Waals surface area contributed by atoms with Crippen molar-refractivity contribution in [3.8, 4) is 5.75 Å². The quantitative estimate of drug-likeness (QED) is 0.679. The highest BCUT2D eigenvalue weighted by Crippen LogP contribution is 2.29. The van der Waals surface area contributed by atoms with Gasteiger partial charge in [0, 0.05) is 31.2 Å². The lowest BCUT2D eigenvalue weighted by molar-refractivity contribution is -0.141. The van der Waals surface area contributed by atoms with E-state index in [0.29, 0.717) is 50.3 Å². The first kappa shape index (κ1) is 24.2. The van der Waals surface area contributed by atoms with Crippen molar-refractivity contribution in [3.05, 3.63) is 54.1 Å². The average Bonchev–Trinajstić information content (AvgIpc) is 3.35. The second kappa shape index (κ2) is 10.1. The molecule has 2 heterocycles. The predicted octanol–water partition coefficient (Wildman–Crippen LogP) is 3.03. The first-order valence-corrected chi connectivity index (χ1v) is 13.1. The Balaban J connectivity index is 1.36. The minimum atomic E-state index is -3.58. The van der Waals surface area contributed by atoms with Crippen LogP contribution in [-0.2, 0) is 19.6 Å². The van der Waals surface area contributed by atoms with Crippen LogP contribution in [0, 0.1) is 12.8 Å². The number of anilines is 1. The monoisotopic (exact) mass is 485 g/mol. The number of rotatable bonds is 6. The molecule has 1 unspecified atom stereocenters. The van der Waals surface area contributed by atoms with Gasteiger partial charge in [0.1, 0.15) is 11.8 Å². The molecule has 2 fully saturated rings. The number of nitrogens with one attached hydrogen (secondary N) is 1. The van der Waals surface area contributed by atoms with Crippen LogP contribution in [0.25, 0.3) is 0 Å². The number of likely N-dealkylation sites (tertiary alicyclic amines) is 1. The highest BCUT2D eigenvalue weighted by Gasteiger charge is 2.39. The molecule has 182 valence electrons. The van der Waals surface area contributed by atoms with Crippen molar-refractivity contribution in [3.63, 3.8) is 0 Å². The minimum absolute atomic E-state index is 0.0558. The molecule has 2 saturated heterocycles. The van der Waals surface area contributed by atoms with Crippen LogP contribution in [0.4, 0.5) is 5.69 Å². The fourth-order valence-corrected chi connectivity index (χ4v) is 6.11. The van der Waals surface area contributed by atoms with Gasteiger partial charge in [0.05, 0.1) is 12.0 Å². The van der Waals surface area contributed by atoms with E-state index < -0.39 is 16.1 Å². The van der Waals surface area contributed by atoms with Crippen LogP contribution in [-0.4, -0.2) is 62.2 Å². The van der Waals surface area contributed by atoms with Crippen molar-refractivity contribution in [2.45, 2.75) is 43.5 Å². The number of ether oxygens (including phenoxy) is 1. The Hall–Kier alpha value is -2.91. The van der Waals surface area contributed by atoms with Crippen LogP contribution < -0.4 is 10.1 Å². The molecule has 0 aromatic heterocycles. The minimum Gasteiger partial charge on any atom is -0.497 e. The molecule has 1 N–H and O–H groups in total. The fraction of sp³-hybridized carbons (Fsp3) is 0.440. The summed E-state index contributed by atoms with van der Waals surface area (Å²) in [5, 5.41) is 2.90. The van der Waals surface area contributed by atoms with E-state index >= 15 is 0 Å². The normalized spacial score (nSPS) is 19.7. The number of carbonyl (C=O) groups excluding carboxylic acids is 2. The number of carbonyl (C=O) groups is 2. The zero-order chi connectivity index (χ0) is 24.3. The highest BCUT2D eigenvalue weighted by atomic mass is 32.2. The van der Waals surface area contributed by atoms with Gasteiger partial charge in [0.25, 0.3) is 0 Å². The molecular weight excluding hydrogens is 454 g/mol. The van der Waals surface area contributed by atoms with Crippen molar-refractivity contribution in [2.75, 3.05) is 32.1 Å². The number of hydrogen-bond acceptors (Lipinski definition) is 5. The van der Waals surface area contributed by atoms with E-state index in [1.54, 1.807) is 60.5 Å². The van der Waals surface area contributed by atoms with Gasteiger partial charge in [-0.05, 0) is 69.0 Å². The van der Waals surface area contributed by atoms with E-state index in [-0.39, 0.29) is 22.6 Å². The number of piperidine rings is 1. The molecule has 0 saturated carbocycles. The fourth-order valence-electron chi connectivity index (χ4n) is 4.64. The van der Waals surface area contributed by atoms with Gasteiger partial charge in [0.15, 0.2) is 0 Å². The number of benzene rings is 2. The van der Waals surface area contributed by atoms with Gasteiger partial charge < -0.3 is 15.0 Å². The maximum atomic E-state index is 13.3. The number of sulfonamides is 1. The molecule has 2 aromatic carbocycles. The Morgan fingerprint density at radius 2 is 1.59 bits per heavy atom. The molecule has 2 aliphatic rings. The Labute approximate surface area is 200 Å². The number of amides is 2. The van der Waals surface area contributed by atoms with Crippen LogP contribution in [0.3, 0.4) is 0 Å². The van der Waals surface area contributed by atoms with Gasteiger partial charge in [-0.1, -0.05) is 17.7 Å². The standard InChI is InChI=1S/C25H31N3O5S/c1-18-5-11-22(12-6-18)34(31,32)27-16-13-19(14-17-27)25(30)28-15-3-4-23(28)24(29)26-20-7-9-21(33-2)10-8-20/h5-12,19,23H,3-4,13-17H2,1-2H3,(H,26,29). The third-order valence-corrected chi connectivity index (χ3v) is 8.57. The van der Waals surface area contributed by atoms with Crippen molar-refractivity contribution < 1.29 is 22.7 Å². The molecule has 0 bridgehead atoms. The summed E-state index contributed by atoms with van der Waals surface area (Å²) in [6.45, 7) is 3.05. The van der Waals surface area contributed by atoms with E-state index in [9.17, 15) is 18.0 Å². The Morgan fingerprint density at radius 3 is 2.21 bits per heavy atom. The second-order valence-electron chi connectivity index (χ2n) is 8.90. The topological polar surface area (TPSA) is 96.0 Å². The average molecular weight is 486 g/mol. The smallest absolute Gasteiger partial charge is 0.247 e. The van der Waals surface area contributed by atoms with Crippen LogP contribution >= 0.6 is 0 Å². The molecular formula is C25H31N3O5S. The molecule has 9 heteroatoms. The summed E-state index contributed by atoms with van der Waals surface area (Å²) < 4.78 is 32.5. The summed E-state index contributed by atoms with van der Waals surface area (Å²) in [5.74, 6) is 0.167. The predicted molar refractivity (Wildman–Crippen MR) is 129 cm³/mol. The summed E-state index contributed by atoms with van der Waals surface area (Å²) in [6.07, 6.45) is 2.29. The lowest BCUT2D eigenvalue weighted by atomic mass is 9.96. The molecule has 2 amide bonds. The number of nitrogens with zero attached hydrogens (tertiary/aromatic N) is 2. The van der Waals surface area contributed by atoms with Crippen molar-refractivity contribution in [1.29, 1.82) is 0 Å². The molecule has 0 radical (unpaired) electrons. The lowest BCUT2D eigenvalue weighted by Crippen LogP contribution is -2.48. The number of aryl methyl sites for hydroxylation is 1. The van der Waals surface area contributed by atoms with E-state index in [4.69, 9.17) is 4.74 Å². The van der Waals surface area contributed by atoms with E-state index in [1.807, 2.05) is 6.92 Å². The highest BCUT2D eigenvalue weighted by molar-refractivity contribution is 7.89. The van der Waals surface area contributed by atoms with E-state index in [1.165, 1.54) is 4.31 Å². The second-order valence-corrected chi connectivity index (χ2v) is 10.8. The summed E-state index contributed by atoms with van der Waals surface area (Å²) >= 11 is 0. The van der Waals surface area contributed by atoms with Gasteiger partial charge in [0.2, 0.25) is 21.8 Å². The van der Waals surface area contributed by atoms with Gasteiger partial charge in [-0.25, -0.2) is 8.42 Å². The summed E-state index contributed by atoms with van der Waals surface area (Å²) in [7, 11) is -1.99. The van der Waals surface area contributed by atoms with Crippen molar-refractivity contribution in [1.82, 2.24) is 9.21 Å². The zero-order valence-corrected chi connectivity index (χ0v) is 20.4. The molecule has 34 heavy (non-hydrogen) atoms. The Bertz CT molecular complexity index is 1120. The zero-order valence-electron chi connectivity index (χ0n) is 19.6. The maximum Gasteiger partial charge on any atom is 0.247 e. The molecule has 2 aromatic rings. The number of methoxy groups -OCH3 is 1. The third kappa shape index (κ3) is 5.10. The van der Waals surface area contributed by atoms with Gasteiger partial charge >= 0.3 is 0 Å². The first-order valence-electron chi connectivity index (χ1n) is 11.6. The molecule has 8 nitrogen and oxygen atoms in total. The molecule has 4 rings (SSSR count). The van der Waals surface area contributed by atoms with Gasteiger partial charge in [-0.3, -0.25) is 9.59 Å². The molecule has 2 aliphatic heterocycles. The van der Waals surface area contributed by atoms with Crippen LogP contribution in [0.2, 0.25) is 0 Å². The summed E-state index contributed by atoms with van der Waals surface area (Å²) in [4.78, 5) is 28.1. The largest absolute Gasteiger partial charge is 0.497 e. The maximum absolute atomic E-state index is 13.3. The third-order valence-electron chi connectivity index (χ3n) is 6.66. The molecule has 1 atom stereocenters. The first-order chi connectivity index (χ1) is 16.3. The van der Waals surface area contributed by atoms with E-state index in [2.05, 4.69) is 5.32 Å². The van der Waals surface area contributed by atoms with E-state index in [0.717, 1.165) is 12.0 Å². The van der Waals surface area contributed by atoms with Gasteiger partial charge in [-0.2, -0.15) is 4.31 Å². The molecule has 0 aliphatic carbocycles. The van der Waals surface area contributed by atoms with Crippen molar-refractivity contribution in [2.24, 2.45) is 5.92 Å². The van der Waals surface area contributed by atoms with Crippen molar-refractivity contribution >= 4 is 27.5 Å². The Morgan fingerprint density at radius 1 is 0.941 bits per heavy atom. The van der Waals surface area contributed by atoms with Crippen LogP contribution in [0.5, 0.6) is 5.75 Å². The van der Waals surface area contributed by atoms with Crippen LogP contribution in [0.15, 0.2) is 53.4 Å². The van der Waals surface area contributed by atoms with Gasteiger partial charge in [-0.15, -0.1) is 0 Å². The molecule has 0 spiro atoms. The van der Waals surface area contributed by atoms with Crippen LogP contribution in [0.1, 0.15) is 31.2 Å². The number of hydrogen-bond donors (Lipinski definition) is 1. The SMILES string of the molecule is COc1ccc(NC(=O)C2CCCN2C(=O)C2CCN(S(=O)(=O)c3ccc(C)cc3)CC2)cc1. The summed E-state index contributed by atoms with van der Waals surface area (Å²) in [6, 6.07) is 13.4.